The smallest absolute Gasteiger partial charge is 0.261 e. The number of unbranched alkanes of at least 4 members (excludes halogenated alkanes) is 2. The number of benzene rings is 4. The molecule has 6 aromatic rings. The molecule has 71 heavy (non-hydrogen) atoms. The maximum atomic E-state index is 12.5. The Bertz CT molecular complexity index is 3120. The summed E-state index contributed by atoms with van der Waals surface area (Å²) in [6, 6.07) is 31.9. The second-order valence-electron chi connectivity index (χ2n) is 16.3. The molecule has 3 aliphatic heterocycles. The molecule has 0 unspecified atom stereocenters. The van der Waals surface area contributed by atoms with Crippen LogP contribution in [0.15, 0.2) is 109 Å². The van der Waals surface area contributed by atoms with Gasteiger partial charge in [-0.15, -0.1) is 0 Å². The van der Waals surface area contributed by atoms with E-state index in [9.17, 15) is 19.2 Å². The fourth-order valence-electron chi connectivity index (χ4n) is 7.61. The van der Waals surface area contributed by atoms with E-state index in [4.69, 9.17) is 15.6 Å². The quantitative estimate of drug-likeness (QED) is 0.0459. The van der Waals surface area contributed by atoms with Gasteiger partial charge in [0.1, 0.15) is 11.6 Å². The number of nitrogens with one attached hydrogen (secondary N) is 3. The van der Waals surface area contributed by atoms with Crippen LogP contribution in [-0.4, -0.2) is 97.8 Å². The lowest BCUT2D eigenvalue weighted by Crippen LogP contribution is -2.38. The van der Waals surface area contributed by atoms with E-state index >= 15 is 0 Å². The van der Waals surface area contributed by atoms with Crippen LogP contribution in [0.25, 0.3) is 0 Å². The summed E-state index contributed by atoms with van der Waals surface area (Å²) in [6.45, 7) is 3.03. The molecule has 4 N–H and O–H groups in total. The van der Waals surface area contributed by atoms with Crippen molar-refractivity contribution in [1.82, 2.24) is 29.7 Å². The Kier molecular flexibility index (Phi) is 15.6. The molecule has 0 saturated carbocycles. The van der Waals surface area contributed by atoms with Gasteiger partial charge in [-0.2, -0.15) is 20.5 Å². The van der Waals surface area contributed by atoms with Crippen LogP contribution in [0.4, 0.5) is 34.9 Å². The van der Waals surface area contributed by atoms with E-state index in [1.807, 2.05) is 12.1 Å². The van der Waals surface area contributed by atoms with Gasteiger partial charge in [0.05, 0.1) is 69.0 Å². The molecule has 4 amide bonds. The average molecular weight is 943 g/mol. The first-order valence-corrected chi connectivity index (χ1v) is 23.0. The number of carbonyl (C=O) groups excluding carboxylic acids is 4. The van der Waals surface area contributed by atoms with Crippen molar-refractivity contribution >= 4 is 58.5 Å². The van der Waals surface area contributed by atoms with E-state index in [0.29, 0.717) is 108 Å². The number of amides is 4. The number of aromatic nitrogens is 4. The van der Waals surface area contributed by atoms with Gasteiger partial charge in [-0.1, -0.05) is 47.9 Å². The summed E-state index contributed by atoms with van der Waals surface area (Å²) < 4.78 is 0. The molecular formula is C54H46N12O5. The summed E-state index contributed by atoms with van der Waals surface area (Å²) in [6.07, 6.45) is 7.14. The summed E-state index contributed by atoms with van der Waals surface area (Å²) >= 11 is 0. The van der Waals surface area contributed by atoms with Crippen LogP contribution < -0.4 is 20.9 Å². The Morgan fingerprint density at radius 3 is 1.46 bits per heavy atom. The van der Waals surface area contributed by atoms with Gasteiger partial charge in [0.25, 0.3) is 23.6 Å². The Hall–Kier alpha value is -9.42. The van der Waals surface area contributed by atoms with Crippen LogP contribution in [0.5, 0.6) is 0 Å². The van der Waals surface area contributed by atoms with Gasteiger partial charge in [-0.25, -0.2) is 9.97 Å². The molecule has 5 heterocycles. The van der Waals surface area contributed by atoms with Crippen molar-refractivity contribution in [1.29, 1.82) is 10.5 Å². The Morgan fingerprint density at radius 1 is 0.577 bits per heavy atom. The zero-order valence-corrected chi connectivity index (χ0v) is 38.5. The fraction of sp³-hybridized carbons (Fsp3) is 0.222. The first-order valence-electron chi connectivity index (χ1n) is 23.0. The van der Waals surface area contributed by atoms with Crippen molar-refractivity contribution in [3.8, 4) is 35.8 Å². The third-order valence-corrected chi connectivity index (χ3v) is 11.5. The lowest BCUT2D eigenvalue weighted by atomic mass is 10.1. The molecule has 0 spiro atoms. The first kappa shape index (κ1) is 48.1. The van der Waals surface area contributed by atoms with Crippen molar-refractivity contribution in [3.05, 3.63) is 154 Å². The largest absolute Gasteiger partial charge is 0.396 e. The fourth-order valence-corrected chi connectivity index (χ4v) is 7.61. The molecule has 0 aliphatic carbocycles. The number of anilines is 6. The monoisotopic (exact) mass is 942 g/mol. The Labute approximate surface area is 410 Å². The van der Waals surface area contributed by atoms with Gasteiger partial charge >= 0.3 is 0 Å². The molecule has 17 nitrogen and oxygen atoms in total. The number of rotatable bonds is 15. The van der Waals surface area contributed by atoms with Crippen molar-refractivity contribution < 1.29 is 24.3 Å². The molecule has 2 aromatic heterocycles. The minimum atomic E-state index is -0.266. The minimum Gasteiger partial charge on any atom is -0.396 e. The van der Waals surface area contributed by atoms with Crippen LogP contribution in [0.1, 0.15) is 102 Å². The van der Waals surface area contributed by atoms with Gasteiger partial charge in [-0.3, -0.25) is 29.0 Å². The zero-order valence-electron chi connectivity index (χ0n) is 38.5. The third kappa shape index (κ3) is 11.7. The summed E-state index contributed by atoms with van der Waals surface area (Å²) in [7, 11) is 0. The number of aliphatic hydroxyl groups is 1. The molecule has 17 heteroatoms. The van der Waals surface area contributed by atoms with Crippen LogP contribution >= 0.6 is 0 Å². The zero-order chi connectivity index (χ0) is 49.5. The van der Waals surface area contributed by atoms with E-state index in [1.165, 1.54) is 9.80 Å². The highest BCUT2D eigenvalue weighted by Crippen LogP contribution is 2.27. The standard InChI is InChI=1S/C27H24N6O3.C27H22N6O2/c28-17-19-10-12-21(13-11-19)31-27-30-18-20(24(32-27)29-14-6-16-34)7-2-1-5-15-33-25(35)22-8-3-4-9-23(22)26(33)36;28-17-19-10-12-21(13-11-19)30-27-29-18-20(24(31-27)32-14-6-15-32)7-2-1-5-16-33-25(34)22-8-3-4-9-23(22)26(33)35/h3-4,8-13,18,34H,1,5-6,14-16H2,(H2,29,30,31,32);3-4,8-13,18H,1,5-6,14-16H2,(H,29,30,31). The topological polar surface area (TPSA) is 233 Å². The number of hydrogen-bond acceptors (Lipinski definition) is 15. The van der Waals surface area contributed by atoms with Crippen molar-refractivity contribution in [2.75, 3.05) is 60.2 Å². The maximum absolute atomic E-state index is 12.5. The SMILES string of the molecule is N#Cc1ccc(Nc2ncc(C#CCCCN3C(=O)c4ccccc4C3=O)c(N3CCC3)n2)cc1.N#Cc1ccc(Nc2ncc(C#CCCCN3C(=O)c4ccccc4C3=O)c(NCCCO)n2)cc1. The lowest BCUT2D eigenvalue weighted by Gasteiger charge is -2.32. The Morgan fingerprint density at radius 2 is 1.03 bits per heavy atom. The van der Waals surface area contributed by atoms with Crippen molar-refractivity contribution in [2.45, 2.75) is 38.5 Å². The third-order valence-electron chi connectivity index (χ3n) is 11.5. The van der Waals surface area contributed by atoms with Crippen molar-refractivity contribution in [2.24, 2.45) is 0 Å². The molecule has 9 rings (SSSR count). The van der Waals surface area contributed by atoms with Crippen LogP contribution in [0.2, 0.25) is 0 Å². The highest BCUT2D eigenvalue weighted by atomic mass is 16.3. The Balaban J connectivity index is 0.000000190. The average Bonchev–Trinajstić information content (AvgIpc) is 3.77. The molecule has 0 radical (unpaired) electrons. The second-order valence-corrected chi connectivity index (χ2v) is 16.3. The molecular weight excluding hydrogens is 897 g/mol. The predicted molar refractivity (Wildman–Crippen MR) is 266 cm³/mol. The van der Waals surface area contributed by atoms with Crippen LogP contribution in [0.3, 0.4) is 0 Å². The van der Waals surface area contributed by atoms with E-state index < -0.39 is 0 Å². The molecule has 3 aliphatic rings. The van der Waals surface area contributed by atoms with E-state index in [0.717, 1.165) is 42.3 Å². The number of aliphatic hydroxyl groups excluding tert-OH is 1. The van der Waals surface area contributed by atoms with E-state index in [2.05, 4.69) is 76.6 Å². The number of carbonyl (C=O) groups is 4. The van der Waals surface area contributed by atoms with Gasteiger partial charge < -0.3 is 26.0 Å². The predicted octanol–water partition coefficient (Wildman–Crippen LogP) is 7.04. The number of nitrogens with zero attached hydrogens (tertiary/aromatic N) is 9. The van der Waals surface area contributed by atoms with Gasteiger partial charge in [0.2, 0.25) is 11.9 Å². The van der Waals surface area contributed by atoms with Crippen molar-refractivity contribution in [3.63, 3.8) is 0 Å². The van der Waals surface area contributed by atoms with Crippen LogP contribution in [-0.2, 0) is 0 Å². The normalized spacial score (nSPS) is 13.0. The molecule has 4 aromatic carbocycles. The number of hydrogen-bond donors (Lipinski definition) is 4. The molecule has 1 saturated heterocycles. The van der Waals surface area contributed by atoms with Gasteiger partial charge in [0, 0.05) is 63.5 Å². The van der Waals surface area contributed by atoms with Gasteiger partial charge in [-0.05, 0) is 98.5 Å². The lowest BCUT2D eigenvalue weighted by molar-refractivity contribution is 0.0637. The molecule has 0 bridgehead atoms. The number of fused-ring (bicyclic) bond motifs is 2. The summed E-state index contributed by atoms with van der Waals surface area (Å²) in [5.41, 5.74) is 5.85. The minimum absolute atomic E-state index is 0.0489. The molecule has 0 atom stereocenters. The van der Waals surface area contributed by atoms with Crippen LogP contribution in [0, 0.1) is 46.3 Å². The van der Waals surface area contributed by atoms with Gasteiger partial charge in [0.15, 0.2) is 0 Å². The first-order chi connectivity index (χ1) is 34.7. The summed E-state index contributed by atoms with van der Waals surface area (Å²) in [5, 5.41) is 36.4. The maximum Gasteiger partial charge on any atom is 0.261 e. The second kappa shape index (κ2) is 23.1. The number of nitriles is 2. The van der Waals surface area contributed by atoms with E-state index in [1.54, 1.807) is 97.3 Å². The highest BCUT2D eigenvalue weighted by molar-refractivity contribution is 6.22. The molecule has 352 valence electrons. The summed E-state index contributed by atoms with van der Waals surface area (Å²) in [5.74, 6) is 13.6. The summed E-state index contributed by atoms with van der Waals surface area (Å²) in [4.78, 5) is 72.5. The number of imide groups is 2. The molecule has 1 fully saturated rings. The highest BCUT2D eigenvalue weighted by Gasteiger charge is 2.35. The van der Waals surface area contributed by atoms with E-state index in [-0.39, 0.29) is 30.2 Å².